The quantitative estimate of drug-likeness (QED) is 0.718. The molecule has 2 aliphatic carbocycles. The van der Waals surface area contributed by atoms with E-state index in [9.17, 15) is 4.79 Å². The zero-order valence-corrected chi connectivity index (χ0v) is 14.9. The van der Waals surface area contributed by atoms with Crippen molar-refractivity contribution in [3.63, 3.8) is 0 Å². The van der Waals surface area contributed by atoms with Gasteiger partial charge in [-0.15, -0.1) is 0 Å². The van der Waals surface area contributed by atoms with Gasteiger partial charge in [0.2, 0.25) is 0 Å². The molecular formula is C17H33N3O3. The number of carbonyl (C=O) groups excluding carboxylic acids is 1. The highest BCUT2D eigenvalue weighted by molar-refractivity contribution is 5.68. The molecule has 5 unspecified atom stereocenters. The van der Waals surface area contributed by atoms with Crippen molar-refractivity contribution in [3.8, 4) is 0 Å². The summed E-state index contributed by atoms with van der Waals surface area (Å²) in [5.74, 6) is 0. The van der Waals surface area contributed by atoms with Gasteiger partial charge in [-0.05, 0) is 53.4 Å². The number of nitrogens with one attached hydrogen (secondary N) is 2. The van der Waals surface area contributed by atoms with Gasteiger partial charge in [0.25, 0.3) is 0 Å². The molecule has 2 fully saturated rings. The number of carbonyl (C=O) groups is 1. The van der Waals surface area contributed by atoms with Crippen LogP contribution < -0.4 is 16.4 Å². The molecule has 2 rings (SSSR count). The molecule has 6 heteroatoms. The topological polar surface area (TPSA) is 85.6 Å². The molecule has 0 aromatic rings. The minimum atomic E-state index is -0.480. The lowest BCUT2D eigenvalue weighted by Gasteiger charge is -2.47. The van der Waals surface area contributed by atoms with Crippen molar-refractivity contribution in [3.05, 3.63) is 0 Å². The van der Waals surface area contributed by atoms with E-state index in [1.54, 1.807) is 0 Å². The van der Waals surface area contributed by atoms with Crippen LogP contribution in [0.3, 0.4) is 0 Å². The Bertz CT molecular complexity index is 397. The molecule has 2 saturated carbocycles. The van der Waals surface area contributed by atoms with Gasteiger partial charge in [-0.1, -0.05) is 6.42 Å². The van der Waals surface area contributed by atoms with Gasteiger partial charge in [0.1, 0.15) is 5.60 Å². The van der Waals surface area contributed by atoms with E-state index in [-0.39, 0.29) is 30.3 Å². The Balaban J connectivity index is 1.87. The van der Waals surface area contributed by atoms with Crippen LogP contribution >= 0.6 is 0 Å². The third kappa shape index (κ3) is 5.62. The van der Waals surface area contributed by atoms with Crippen LogP contribution in [0.1, 0.15) is 59.8 Å². The Morgan fingerprint density at radius 2 is 2.00 bits per heavy atom. The highest BCUT2D eigenvalue weighted by Crippen LogP contribution is 2.28. The highest BCUT2D eigenvalue weighted by atomic mass is 16.6. The van der Waals surface area contributed by atoms with Crippen molar-refractivity contribution in [2.75, 3.05) is 6.61 Å². The maximum absolute atomic E-state index is 12.0. The van der Waals surface area contributed by atoms with Crippen LogP contribution in [-0.4, -0.2) is 48.6 Å². The number of ether oxygens (including phenoxy) is 2. The normalized spacial score (nSPS) is 34.6. The van der Waals surface area contributed by atoms with E-state index in [0.717, 1.165) is 32.1 Å². The molecular weight excluding hydrogens is 294 g/mol. The van der Waals surface area contributed by atoms with Gasteiger partial charge in [0, 0.05) is 18.7 Å². The smallest absolute Gasteiger partial charge is 0.407 e. The van der Waals surface area contributed by atoms with Crippen molar-refractivity contribution in [2.24, 2.45) is 5.73 Å². The highest BCUT2D eigenvalue weighted by Gasteiger charge is 2.44. The number of amides is 1. The number of hydrogen-bond donors (Lipinski definition) is 3. The maximum atomic E-state index is 12.0. The molecule has 0 saturated heterocycles. The van der Waals surface area contributed by atoms with Crippen LogP contribution in [0.5, 0.6) is 0 Å². The first-order valence-electron chi connectivity index (χ1n) is 8.91. The maximum Gasteiger partial charge on any atom is 0.407 e. The molecule has 5 atom stereocenters. The molecule has 0 aromatic carbocycles. The second-order valence-electron chi connectivity index (χ2n) is 7.80. The molecule has 0 aliphatic heterocycles. The van der Waals surface area contributed by atoms with E-state index < -0.39 is 5.60 Å². The van der Waals surface area contributed by atoms with Gasteiger partial charge in [0.15, 0.2) is 0 Å². The summed E-state index contributed by atoms with van der Waals surface area (Å²) in [5, 5.41) is 6.64. The summed E-state index contributed by atoms with van der Waals surface area (Å²) >= 11 is 0. The lowest BCUT2D eigenvalue weighted by Crippen LogP contribution is -2.68. The van der Waals surface area contributed by atoms with E-state index in [2.05, 4.69) is 10.6 Å². The molecule has 0 spiro atoms. The standard InChI is InChI=1S/C17H33N3O3/c1-5-22-14-10-13(20-16(21)23-17(2,3)4)15(14)19-12-8-6-7-11(18)9-12/h11-15,19H,5-10,18H2,1-4H3,(H,20,21). The average molecular weight is 327 g/mol. The monoisotopic (exact) mass is 327 g/mol. The molecule has 23 heavy (non-hydrogen) atoms. The second kappa shape index (κ2) is 7.81. The fraction of sp³-hybridized carbons (Fsp3) is 0.941. The number of nitrogens with two attached hydrogens (primary N) is 1. The van der Waals surface area contributed by atoms with Crippen LogP contribution in [-0.2, 0) is 9.47 Å². The lowest BCUT2D eigenvalue weighted by molar-refractivity contribution is -0.0480. The Kier molecular flexibility index (Phi) is 6.28. The van der Waals surface area contributed by atoms with Crippen molar-refractivity contribution < 1.29 is 14.3 Å². The third-order valence-electron chi connectivity index (χ3n) is 4.55. The van der Waals surface area contributed by atoms with Gasteiger partial charge < -0.3 is 25.8 Å². The van der Waals surface area contributed by atoms with E-state index in [1.807, 2.05) is 27.7 Å². The molecule has 0 heterocycles. The minimum Gasteiger partial charge on any atom is -0.444 e. The summed E-state index contributed by atoms with van der Waals surface area (Å²) in [7, 11) is 0. The van der Waals surface area contributed by atoms with E-state index >= 15 is 0 Å². The van der Waals surface area contributed by atoms with Crippen LogP contribution in [0.25, 0.3) is 0 Å². The summed E-state index contributed by atoms with van der Waals surface area (Å²) in [6.45, 7) is 8.30. The minimum absolute atomic E-state index is 0.0551. The van der Waals surface area contributed by atoms with Crippen molar-refractivity contribution >= 4 is 6.09 Å². The van der Waals surface area contributed by atoms with Gasteiger partial charge in [-0.25, -0.2) is 4.79 Å². The van der Waals surface area contributed by atoms with Crippen LogP contribution in [0.4, 0.5) is 4.79 Å². The number of hydrogen-bond acceptors (Lipinski definition) is 5. The SMILES string of the molecule is CCOC1CC(NC(=O)OC(C)(C)C)C1NC1CCCC(N)C1. The van der Waals surface area contributed by atoms with Crippen molar-refractivity contribution in [1.82, 2.24) is 10.6 Å². The lowest BCUT2D eigenvalue weighted by atomic mass is 9.80. The van der Waals surface area contributed by atoms with E-state index in [4.69, 9.17) is 15.2 Å². The summed E-state index contributed by atoms with van der Waals surface area (Å²) in [4.78, 5) is 12.0. The fourth-order valence-electron chi connectivity index (χ4n) is 3.47. The predicted octanol–water partition coefficient (Wildman–Crippen LogP) is 1.92. The van der Waals surface area contributed by atoms with Crippen LogP contribution in [0, 0.1) is 0 Å². The second-order valence-corrected chi connectivity index (χ2v) is 7.80. The van der Waals surface area contributed by atoms with Gasteiger partial charge >= 0.3 is 6.09 Å². The fourth-order valence-corrected chi connectivity index (χ4v) is 3.47. The molecule has 0 radical (unpaired) electrons. The van der Waals surface area contributed by atoms with Crippen molar-refractivity contribution in [1.29, 1.82) is 0 Å². The molecule has 2 aliphatic rings. The molecule has 0 bridgehead atoms. The summed E-state index contributed by atoms with van der Waals surface area (Å²) in [6.07, 6.45) is 5.02. The van der Waals surface area contributed by atoms with E-state index in [0.29, 0.717) is 12.6 Å². The zero-order chi connectivity index (χ0) is 17.0. The molecule has 6 nitrogen and oxygen atoms in total. The Morgan fingerprint density at radius 1 is 1.26 bits per heavy atom. The van der Waals surface area contributed by atoms with Gasteiger partial charge in [-0.3, -0.25) is 0 Å². The van der Waals surface area contributed by atoms with E-state index in [1.165, 1.54) is 0 Å². The summed E-state index contributed by atoms with van der Waals surface area (Å²) in [6, 6.07) is 0.886. The average Bonchev–Trinajstić information content (AvgIpc) is 2.42. The van der Waals surface area contributed by atoms with Gasteiger partial charge in [-0.2, -0.15) is 0 Å². The Morgan fingerprint density at radius 3 is 2.61 bits per heavy atom. The first-order valence-corrected chi connectivity index (χ1v) is 8.91. The first kappa shape index (κ1) is 18.5. The number of alkyl carbamates (subject to hydrolysis) is 1. The van der Waals surface area contributed by atoms with Crippen molar-refractivity contribution in [2.45, 2.75) is 95.7 Å². The molecule has 0 aromatic heterocycles. The predicted molar refractivity (Wildman–Crippen MR) is 90.3 cm³/mol. The summed E-state index contributed by atoms with van der Waals surface area (Å²) < 4.78 is 11.1. The summed E-state index contributed by atoms with van der Waals surface area (Å²) in [5.41, 5.74) is 5.60. The Hall–Kier alpha value is -0.850. The van der Waals surface area contributed by atoms with Crippen LogP contribution in [0.2, 0.25) is 0 Å². The molecule has 1 amide bonds. The van der Waals surface area contributed by atoms with Crippen LogP contribution in [0.15, 0.2) is 0 Å². The Labute approximate surface area is 139 Å². The zero-order valence-electron chi connectivity index (χ0n) is 14.9. The molecule has 134 valence electrons. The molecule has 4 N–H and O–H groups in total. The number of rotatable bonds is 5. The largest absolute Gasteiger partial charge is 0.444 e. The van der Waals surface area contributed by atoms with Gasteiger partial charge in [0.05, 0.1) is 18.2 Å². The first-order chi connectivity index (χ1) is 10.8. The third-order valence-corrected chi connectivity index (χ3v) is 4.55.